The summed E-state index contributed by atoms with van der Waals surface area (Å²) >= 11 is 0. The highest BCUT2D eigenvalue weighted by Crippen LogP contribution is 2.05. The van der Waals surface area contributed by atoms with E-state index >= 15 is 0 Å². The van der Waals surface area contributed by atoms with Crippen LogP contribution in [0.4, 0.5) is 0 Å². The molecule has 0 radical (unpaired) electrons. The van der Waals surface area contributed by atoms with Gasteiger partial charge < -0.3 is 15.3 Å². The number of rotatable bonds is 5. The summed E-state index contributed by atoms with van der Waals surface area (Å²) in [4.78, 5) is 28.4. The van der Waals surface area contributed by atoms with E-state index in [1.807, 2.05) is 0 Å². The molecule has 0 bridgehead atoms. The lowest BCUT2D eigenvalue weighted by atomic mass is 10.2. The highest BCUT2D eigenvalue weighted by atomic mass is 16.4. The molecule has 1 saturated heterocycles. The third-order valence-corrected chi connectivity index (χ3v) is 3.16. The minimum absolute atomic E-state index is 0.0615. The van der Waals surface area contributed by atoms with E-state index < -0.39 is 5.97 Å². The molecule has 0 saturated carbocycles. The van der Waals surface area contributed by atoms with E-state index in [1.165, 1.54) is 31.2 Å². The average Bonchev–Trinajstić information content (AvgIpc) is 2.92. The lowest BCUT2D eigenvalue weighted by Crippen LogP contribution is -2.33. The van der Waals surface area contributed by atoms with Crippen LogP contribution in [0.3, 0.4) is 0 Å². The molecule has 2 heterocycles. The van der Waals surface area contributed by atoms with Crippen LogP contribution < -0.4 is 5.32 Å². The van der Waals surface area contributed by atoms with Crippen molar-refractivity contribution in [2.75, 3.05) is 26.2 Å². The highest BCUT2D eigenvalue weighted by Gasteiger charge is 2.12. The molecule has 6 nitrogen and oxygen atoms in total. The van der Waals surface area contributed by atoms with Gasteiger partial charge >= 0.3 is 5.97 Å². The van der Waals surface area contributed by atoms with Gasteiger partial charge in [0, 0.05) is 19.3 Å². The first-order valence-electron chi connectivity index (χ1n) is 6.37. The van der Waals surface area contributed by atoms with Crippen molar-refractivity contribution in [2.24, 2.45) is 0 Å². The van der Waals surface area contributed by atoms with Gasteiger partial charge in [0.05, 0.1) is 5.56 Å². The summed E-state index contributed by atoms with van der Waals surface area (Å²) in [5.41, 5.74) is 0.319. The Hall–Kier alpha value is -1.95. The number of carbonyl (C=O) groups excluding carboxylic acids is 1. The SMILES string of the molecule is O=C(NCCN1CCCC1)c1ccc(C(=O)O)nc1. The molecule has 2 rings (SSSR count). The lowest BCUT2D eigenvalue weighted by molar-refractivity contribution is 0.0689. The summed E-state index contributed by atoms with van der Waals surface area (Å²) in [6.07, 6.45) is 3.75. The van der Waals surface area contributed by atoms with Crippen LogP contribution in [0.5, 0.6) is 0 Å². The van der Waals surface area contributed by atoms with Crippen LogP contribution >= 0.6 is 0 Å². The maximum Gasteiger partial charge on any atom is 0.354 e. The first-order valence-corrected chi connectivity index (χ1v) is 6.37. The standard InChI is InChI=1S/C13H17N3O3/c17-12(14-5-8-16-6-1-2-7-16)10-3-4-11(13(18)19)15-9-10/h3-4,9H,1-2,5-8H2,(H,14,17)(H,18,19). The fourth-order valence-corrected chi connectivity index (χ4v) is 2.09. The number of hydrogen-bond acceptors (Lipinski definition) is 4. The van der Waals surface area contributed by atoms with Gasteiger partial charge in [-0.25, -0.2) is 9.78 Å². The van der Waals surface area contributed by atoms with E-state index in [1.54, 1.807) is 0 Å². The van der Waals surface area contributed by atoms with Crippen molar-refractivity contribution >= 4 is 11.9 Å². The molecule has 2 N–H and O–H groups in total. The largest absolute Gasteiger partial charge is 0.477 e. The average molecular weight is 263 g/mol. The zero-order valence-electron chi connectivity index (χ0n) is 10.6. The van der Waals surface area contributed by atoms with E-state index in [9.17, 15) is 9.59 Å². The quantitative estimate of drug-likeness (QED) is 0.813. The molecule has 102 valence electrons. The molecule has 6 heteroatoms. The Morgan fingerprint density at radius 1 is 1.32 bits per heavy atom. The van der Waals surface area contributed by atoms with Crippen molar-refractivity contribution < 1.29 is 14.7 Å². The Bertz CT molecular complexity index is 453. The van der Waals surface area contributed by atoms with Crippen molar-refractivity contribution in [1.29, 1.82) is 0 Å². The van der Waals surface area contributed by atoms with Crippen LogP contribution in [-0.2, 0) is 0 Å². The van der Waals surface area contributed by atoms with Gasteiger partial charge in [-0.15, -0.1) is 0 Å². The summed E-state index contributed by atoms with van der Waals surface area (Å²) < 4.78 is 0. The molecule has 1 aliphatic heterocycles. The van der Waals surface area contributed by atoms with E-state index in [0.717, 1.165) is 19.6 Å². The van der Waals surface area contributed by atoms with Crippen molar-refractivity contribution in [3.63, 3.8) is 0 Å². The van der Waals surface area contributed by atoms with Crippen LogP contribution in [0.25, 0.3) is 0 Å². The highest BCUT2D eigenvalue weighted by molar-refractivity contribution is 5.94. The normalized spacial score (nSPS) is 15.4. The van der Waals surface area contributed by atoms with Gasteiger partial charge in [0.25, 0.3) is 5.91 Å². The van der Waals surface area contributed by atoms with Gasteiger partial charge in [-0.1, -0.05) is 0 Å². The van der Waals surface area contributed by atoms with Crippen molar-refractivity contribution in [3.8, 4) is 0 Å². The molecule has 0 unspecified atom stereocenters. The van der Waals surface area contributed by atoms with Crippen molar-refractivity contribution in [2.45, 2.75) is 12.8 Å². The number of aromatic carboxylic acids is 1. The second-order valence-electron chi connectivity index (χ2n) is 4.54. The number of nitrogens with zero attached hydrogens (tertiary/aromatic N) is 2. The van der Waals surface area contributed by atoms with E-state index in [-0.39, 0.29) is 11.6 Å². The second-order valence-corrected chi connectivity index (χ2v) is 4.54. The Labute approximate surface area is 111 Å². The predicted octanol–water partition coefficient (Wildman–Crippen LogP) is 0.605. The number of carboxylic acid groups (broad SMARTS) is 1. The zero-order valence-corrected chi connectivity index (χ0v) is 10.6. The van der Waals surface area contributed by atoms with Crippen LogP contribution in [0.1, 0.15) is 33.7 Å². The summed E-state index contributed by atoms with van der Waals surface area (Å²) in [6, 6.07) is 2.80. The molecule has 1 aliphatic rings. The van der Waals surface area contributed by atoms with E-state index in [4.69, 9.17) is 5.11 Å². The number of amides is 1. The second kappa shape index (κ2) is 6.29. The Morgan fingerprint density at radius 2 is 2.05 bits per heavy atom. The van der Waals surface area contributed by atoms with Crippen molar-refractivity contribution in [1.82, 2.24) is 15.2 Å². The van der Waals surface area contributed by atoms with E-state index in [2.05, 4.69) is 15.2 Å². The third kappa shape index (κ3) is 3.75. The molecule has 0 atom stereocenters. The van der Waals surface area contributed by atoms with Gasteiger partial charge in [-0.3, -0.25) is 4.79 Å². The third-order valence-electron chi connectivity index (χ3n) is 3.16. The van der Waals surface area contributed by atoms with Gasteiger partial charge in [-0.05, 0) is 38.1 Å². The number of carboxylic acids is 1. The van der Waals surface area contributed by atoms with Crippen LogP contribution in [0.15, 0.2) is 18.3 Å². The number of nitrogens with one attached hydrogen (secondary N) is 1. The molecule has 1 aromatic rings. The topological polar surface area (TPSA) is 82.5 Å². The van der Waals surface area contributed by atoms with Crippen LogP contribution in [0.2, 0.25) is 0 Å². The molecule has 0 aromatic carbocycles. The van der Waals surface area contributed by atoms with Gasteiger partial charge in [0.2, 0.25) is 0 Å². The molecule has 0 aliphatic carbocycles. The van der Waals surface area contributed by atoms with Gasteiger partial charge in [-0.2, -0.15) is 0 Å². The first-order chi connectivity index (χ1) is 9.16. The van der Waals surface area contributed by atoms with Gasteiger partial charge in [0.1, 0.15) is 5.69 Å². The molecular formula is C13H17N3O3. The molecular weight excluding hydrogens is 246 g/mol. The first kappa shape index (κ1) is 13.5. The number of hydrogen-bond donors (Lipinski definition) is 2. The minimum Gasteiger partial charge on any atom is -0.477 e. The summed E-state index contributed by atoms with van der Waals surface area (Å²) in [7, 11) is 0. The fraction of sp³-hybridized carbons (Fsp3) is 0.462. The van der Waals surface area contributed by atoms with Crippen molar-refractivity contribution in [3.05, 3.63) is 29.6 Å². The van der Waals surface area contributed by atoms with Crippen LogP contribution in [-0.4, -0.2) is 53.0 Å². The monoisotopic (exact) mass is 263 g/mol. The fourth-order valence-electron chi connectivity index (χ4n) is 2.09. The van der Waals surface area contributed by atoms with E-state index in [0.29, 0.717) is 12.1 Å². The lowest BCUT2D eigenvalue weighted by Gasteiger charge is -2.14. The Balaban J connectivity index is 1.80. The summed E-state index contributed by atoms with van der Waals surface area (Å²) in [5, 5.41) is 11.5. The number of pyridine rings is 1. The molecule has 0 spiro atoms. The number of likely N-dealkylation sites (tertiary alicyclic amines) is 1. The number of aromatic nitrogens is 1. The Kier molecular flexibility index (Phi) is 4.46. The Morgan fingerprint density at radius 3 is 2.63 bits per heavy atom. The smallest absolute Gasteiger partial charge is 0.354 e. The van der Waals surface area contributed by atoms with Gasteiger partial charge in [0.15, 0.2) is 0 Å². The number of carbonyl (C=O) groups is 2. The summed E-state index contributed by atoms with van der Waals surface area (Å²) in [5.74, 6) is -1.32. The predicted molar refractivity (Wildman–Crippen MR) is 69.2 cm³/mol. The molecule has 1 amide bonds. The van der Waals surface area contributed by atoms with Crippen LogP contribution in [0, 0.1) is 0 Å². The molecule has 1 fully saturated rings. The molecule has 19 heavy (non-hydrogen) atoms. The minimum atomic E-state index is -1.10. The summed E-state index contributed by atoms with van der Waals surface area (Å²) in [6.45, 7) is 3.65. The zero-order chi connectivity index (χ0) is 13.7. The molecule has 1 aromatic heterocycles. The maximum absolute atomic E-state index is 11.8. The maximum atomic E-state index is 11.8.